The normalized spacial score (nSPS) is 16.9. The summed E-state index contributed by atoms with van der Waals surface area (Å²) < 4.78 is 31.1. The zero-order valence-electron chi connectivity index (χ0n) is 22.8. The molecule has 9 nitrogen and oxygen atoms in total. The van der Waals surface area contributed by atoms with Crippen molar-refractivity contribution in [1.82, 2.24) is 29.2 Å². The van der Waals surface area contributed by atoms with Gasteiger partial charge in [-0.3, -0.25) is 23.8 Å². The molecule has 1 aromatic carbocycles. The van der Waals surface area contributed by atoms with Crippen LogP contribution >= 0.6 is 0 Å². The number of halogens is 2. The monoisotopic (exact) mass is 560 g/mol. The number of benzene rings is 1. The Hall–Kier alpha value is -4.41. The molecule has 1 aliphatic heterocycles. The Labute approximate surface area is 235 Å². The molecule has 1 N–H and O–H groups in total. The fourth-order valence-corrected chi connectivity index (χ4v) is 5.63. The van der Waals surface area contributed by atoms with E-state index in [-0.39, 0.29) is 24.6 Å². The average molecular weight is 561 g/mol. The highest BCUT2D eigenvalue weighted by molar-refractivity contribution is 5.96. The molecular formula is C30H30F2N6O3. The average Bonchev–Trinajstić information content (AvgIpc) is 3.48. The molecule has 6 rings (SSSR count). The fourth-order valence-electron chi connectivity index (χ4n) is 5.63. The first kappa shape index (κ1) is 26.8. The number of hydrogen-bond donors (Lipinski definition) is 1. The summed E-state index contributed by atoms with van der Waals surface area (Å²) in [6.07, 6.45) is 6.46. The Bertz CT molecular complexity index is 1690. The maximum atomic E-state index is 14.4. The van der Waals surface area contributed by atoms with E-state index in [1.54, 1.807) is 6.07 Å². The minimum absolute atomic E-state index is 0.0621. The Morgan fingerprint density at radius 1 is 1.10 bits per heavy atom. The lowest BCUT2D eigenvalue weighted by Gasteiger charge is -2.22. The highest BCUT2D eigenvalue weighted by Crippen LogP contribution is 2.37. The number of hydrogen-bond acceptors (Lipinski definition) is 6. The van der Waals surface area contributed by atoms with Gasteiger partial charge in [-0.15, -0.1) is 0 Å². The molecule has 2 fully saturated rings. The van der Waals surface area contributed by atoms with Crippen molar-refractivity contribution in [2.75, 3.05) is 13.1 Å². The Morgan fingerprint density at radius 3 is 2.49 bits per heavy atom. The molecule has 3 aromatic heterocycles. The lowest BCUT2D eigenvalue weighted by atomic mass is 10.0. The molecular weight excluding hydrogens is 530 g/mol. The van der Waals surface area contributed by atoms with Gasteiger partial charge in [0.25, 0.3) is 11.5 Å². The molecule has 11 heteroatoms. The zero-order chi connectivity index (χ0) is 28.8. The molecule has 4 aromatic rings. The topological polar surface area (TPSA) is 106 Å². The maximum Gasteiger partial charge on any atom is 0.290 e. The summed E-state index contributed by atoms with van der Waals surface area (Å²) in [7, 11) is 0. The Balaban J connectivity index is 1.46. The standard InChI is InChI=1S/C30H30F2N6O3/c1-3-17-6-5-7-18(4-2)26(17)38-27(23-11-13-37(35-23)21-8-9-21)34-28(39)24(30(38)41)29(40)36-12-10-19(16-36)25-22(32)14-20(31)15-33-25/h5-7,11,13-15,19,21,41H,3-4,8-10,12,16H2,1-2H3. The van der Waals surface area contributed by atoms with Crippen molar-refractivity contribution in [3.63, 3.8) is 0 Å². The minimum atomic E-state index is -0.874. The summed E-state index contributed by atoms with van der Waals surface area (Å²) in [4.78, 5) is 36.8. The lowest BCUT2D eigenvalue weighted by Crippen LogP contribution is -2.34. The number of carbonyl (C=O) groups excluding carboxylic acids is 1. The van der Waals surface area contributed by atoms with Gasteiger partial charge in [-0.2, -0.15) is 10.1 Å². The Kier molecular flexibility index (Phi) is 6.88. The van der Waals surface area contributed by atoms with Gasteiger partial charge in [0.2, 0.25) is 5.88 Å². The molecule has 2 aliphatic rings. The van der Waals surface area contributed by atoms with Crippen LogP contribution in [0.2, 0.25) is 0 Å². The SMILES string of the molecule is CCc1cccc(CC)c1-n1c(-c2ccn(C3CC3)n2)nc(=O)c(C(=O)N2CCC(c3ncc(F)cc3F)C2)c1O. The van der Waals surface area contributed by atoms with Gasteiger partial charge < -0.3 is 10.0 Å². The van der Waals surface area contributed by atoms with Crippen molar-refractivity contribution in [2.24, 2.45) is 0 Å². The van der Waals surface area contributed by atoms with Crippen molar-refractivity contribution in [1.29, 1.82) is 0 Å². The molecule has 1 aliphatic carbocycles. The van der Waals surface area contributed by atoms with Crippen molar-refractivity contribution in [3.05, 3.63) is 87.1 Å². The number of carbonyl (C=O) groups is 1. The summed E-state index contributed by atoms with van der Waals surface area (Å²) in [5.41, 5.74) is 1.61. The molecule has 1 saturated carbocycles. The van der Waals surface area contributed by atoms with Crippen LogP contribution in [0.1, 0.15) is 72.2 Å². The second-order valence-electron chi connectivity index (χ2n) is 10.6. The second-order valence-corrected chi connectivity index (χ2v) is 10.6. The number of aryl methyl sites for hydroxylation is 2. The van der Waals surface area contributed by atoms with Crippen LogP contribution in [-0.2, 0) is 12.8 Å². The predicted molar refractivity (Wildman–Crippen MR) is 147 cm³/mol. The highest BCUT2D eigenvalue weighted by Gasteiger charge is 2.35. The molecule has 1 amide bonds. The van der Waals surface area contributed by atoms with E-state index in [2.05, 4.69) is 15.1 Å². The summed E-state index contributed by atoms with van der Waals surface area (Å²) in [6, 6.07) is 8.64. The van der Waals surface area contributed by atoms with Gasteiger partial charge >= 0.3 is 0 Å². The van der Waals surface area contributed by atoms with E-state index in [0.717, 1.165) is 36.2 Å². The molecule has 4 heterocycles. The third-order valence-electron chi connectivity index (χ3n) is 7.93. The van der Waals surface area contributed by atoms with Crippen molar-refractivity contribution < 1.29 is 18.7 Å². The second kappa shape index (κ2) is 10.5. The van der Waals surface area contributed by atoms with E-state index in [4.69, 9.17) is 0 Å². The maximum absolute atomic E-state index is 14.4. The van der Waals surface area contributed by atoms with Gasteiger partial charge in [0.05, 0.1) is 23.6 Å². The zero-order valence-corrected chi connectivity index (χ0v) is 22.8. The number of para-hydroxylation sites is 1. The Morgan fingerprint density at radius 2 is 1.83 bits per heavy atom. The molecule has 1 saturated heterocycles. The molecule has 0 bridgehead atoms. The van der Waals surface area contributed by atoms with E-state index in [9.17, 15) is 23.5 Å². The summed E-state index contributed by atoms with van der Waals surface area (Å²) >= 11 is 0. The van der Waals surface area contributed by atoms with Crippen molar-refractivity contribution in [3.8, 4) is 23.1 Å². The minimum Gasteiger partial charge on any atom is -0.493 e. The van der Waals surface area contributed by atoms with Crippen molar-refractivity contribution in [2.45, 2.75) is 57.9 Å². The predicted octanol–water partition coefficient (Wildman–Crippen LogP) is 4.56. The molecule has 0 spiro atoms. The summed E-state index contributed by atoms with van der Waals surface area (Å²) in [5, 5.41) is 16.4. The number of aromatic nitrogens is 5. The quantitative estimate of drug-likeness (QED) is 0.355. The van der Waals surface area contributed by atoms with Crippen LogP contribution in [0.25, 0.3) is 17.2 Å². The van der Waals surface area contributed by atoms with Gasteiger partial charge in [0, 0.05) is 31.3 Å². The number of rotatable bonds is 7. The van der Waals surface area contributed by atoms with E-state index in [1.165, 1.54) is 9.47 Å². The van der Waals surface area contributed by atoms with Crippen LogP contribution < -0.4 is 5.56 Å². The first-order valence-corrected chi connectivity index (χ1v) is 13.9. The van der Waals surface area contributed by atoms with Crippen LogP contribution in [0.3, 0.4) is 0 Å². The van der Waals surface area contributed by atoms with Gasteiger partial charge in [-0.05, 0) is 49.3 Å². The number of pyridine rings is 1. The van der Waals surface area contributed by atoms with Gasteiger partial charge in [0.1, 0.15) is 17.3 Å². The summed E-state index contributed by atoms with van der Waals surface area (Å²) in [5.74, 6) is -3.12. The largest absolute Gasteiger partial charge is 0.493 e. The smallest absolute Gasteiger partial charge is 0.290 e. The fraction of sp³-hybridized carbons (Fsp3) is 0.367. The summed E-state index contributed by atoms with van der Waals surface area (Å²) in [6.45, 7) is 4.25. The molecule has 0 radical (unpaired) electrons. The molecule has 1 unspecified atom stereocenters. The number of likely N-dealkylation sites (tertiary alicyclic amines) is 1. The number of amides is 1. The van der Waals surface area contributed by atoms with E-state index >= 15 is 0 Å². The third kappa shape index (κ3) is 4.79. The van der Waals surface area contributed by atoms with Crippen LogP contribution in [-0.4, -0.2) is 53.3 Å². The number of nitrogens with zero attached hydrogens (tertiary/aromatic N) is 6. The third-order valence-corrected chi connectivity index (χ3v) is 7.93. The van der Waals surface area contributed by atoms with Crippen LogP contribution in [0.4, 0.5) is 8.78 Å². The van der Waals surface area contributed by atoms with Gasteiger partial charge in [0.15, 0.2) is 11.4 Å². The van der Waals surface area contributed by atoms with E-state index in [1.807, 2.05) is 42.9 Å². The van der Waals surface area contributed by atoms with E-state index < -0.39 is 40.5 Å². The molecule has 1 atom stereocenters. The van der Waals surface area contributed by atoms with Gasteiger partial charge in [-0.1, -0.05) is 32.0 Å². The van der Waals surface area contributed by atoms with Crippen molar-refractivity contribution >= 4 is 5.91 Å². The first-order valence-electron chi connectivity index (χ1n) is 13.9. The first-order chi connectivity index (χ1) is 19.8. The van der Waals surface area contributed by atoms with Gasteiger partial charge in [-0.25, -0.2) is 8.78 Å². The highest BCUT2D eigenvalue weighted by atomic mass is 19.1. The van der Waals surface area contributed by atoms with Crippen LogP contribution in [0.5, 0.6) is 5.88 Å². The molecule has 212 valence electrons. The van der Waals surface area contributed by atoms with E-state index in [0.29, 0.717) is 36.7 Å². The van der Waals surface area contributed by atoms with Crippen LogP contribution in [0, 0.1) is 11.6 Å². The molecule has 41 heavy (non-hydrogen) atoms. The lowest BCUT2D eigenvalue weighted by molar-refractivity contribution is 0.0784. The van der Waals surface area contributed by atoms with Crippen LogP contribution in [0.15, 0.2) is 47.5 Å². The number of aromatic hydroxyl groups is 1.